The minimum absolute atomic E-state index is 0.00616. The van der Waals surface area contributed by atoms with E-state index in [1.54, 1.807) is 16.2 Å². The van der Waals surface area contributed by atoms with Gasteiger partial charge in [0.05, 0.1) is 35.7 Å². The summed E-state index contributed by atoms with van der Waals surface area (Å²) < 4.78 is 11.2. The number of morpholine rings is 1. The molecule has 10 nitrogen and oxygen atoms in total. The lowest BCUT2D eigenvalue weighted by molar-refractivity contribution is -0.147. The van der Waals surface area contributed by atoms with Crippen molar-refractivity contribution in [3.63, 3.8) is 0 Å². The van der Waals surface area contributed by atoms with Crippen molar-refractivity contribution >= 4 is 34.9 Å². The Bertz CT molecular complexity index is 1110. The number of hydrogen-bond acceptors (Lipinski definition) is 8. The molecule has 0 aliphatic carbocycles. The molecule has 0 spiro atoms. The summed E-state index contributed by atoms with van der Waals surface area (Å²) in [5.74, 6) is -0.208. The van der Waals surface area contributed by atoms with Gasteiger partial charge in [0.2, 0.25) is 11.8 Å². The first-order valence-electron chi connectivity index (χ1n) is 15.7. The van der Waals surface area contributed by atoms with Crippen LogP contribution in [0.1, 0.15) is 65.2 Å². The maximum Gasteiger partial charge on any atom is 0.410 e. The van der Waals surface area contributed by atoms with Crippen molar-refractivity contribution in [1.82, 2.24) is 19.6 Å². The molecule has 240 valence electrons. The molecule has 3 aliphatic heterocycles. The number of likely N-dealkylation sites (tertiary alicyclic amines) is 1. The molecule has 3 aliphatic rings. The molecule has 4 rings (SSSR count). The minimum Gasteiger partial charge on any atom is -0.444 e. The first kappa shape index (κ1) is 33.3. The third kappa shape index (κ3) is 8.73. The standard InChI is InChI=1S/C32H50N4O6S/c1-23(2)20-36(30(39)27-11-10-26(28-9-8-18-43-28)35(27)12-6-7-15-37)25-19-24(29(38)33-13-16-41-17-14-33)21-34(22-25)31(40)42-32(3,4)5/h8-10,18,23-25,27,37H,6-7,11-17,19-22H2,1-5H3/t24-,25+,27?/m1/s1. The van der Waals surface area contributed by atoms with E-state index in [1.165, 1.54) is 0 Å². The third-order valence-electron chi connectivity index (χ3n) is 8.12. The number of nitrogens with zero attached hydrogens (tertiary/aromatic N) is 4. The van der Waals surface area contributed by atoms with Crippen LogP contribution in [0.25, 0.3) is 5.70 Å². The highest BCUT2D eigenvalue weighted by Crippen LogP contribution is 2.35. The lowest BCUT2D eigenvalue weighted by Gasteiger charge is -2.45. The zero-order valence-corrected chi connectivity index (χ0v) is 27.3. The summed E-state index contributed by atoms with van der Waals surface area (Å²) in [6.07, 6.45) is 4.24. The fourth-order valence-corrected chi connectivity index (χ4v) is 6.99. The van der Waals surface area contributed by atoms with Crippen LogP contribution in [-0.2, 0) is 19.1 Å². The second-order valence-corrected chi connectivity index (χ2v) is 14.2. The quantitative estimate of drug-likeness (QED) is 0.397. The number of aliphatic hydroxyl groups excluding tert-OH is 1. The number of carbonyl (C=O) groups excluding carboxylic acids is 3. The van der Waals surface area contributed by atoms with Crippen LogP contribution in [-0.4, -0.2) is 119 Å². The smallest absolute Gasteiger partial charge is 0.410 e. The summed E-state index contributed by atoms with van der Waals surface area (Å²) in [6.45, 7) is 13.7. The van der Waals surface area contributed by atoms with Gasteiger partial charge in [0.1, 0.15) is 11.6 Å². The largest absolute Gasteiger partial charge is 0.444 e. The molecule has 4 heterocycles. The number of unbranched alkanes of at least 4 members (excludes halogenated alkanes) is 1. The Labute approximate surface area is 260 Å². The van der Waals surface area contributed by atoms with Gasteiger partial charge in [-0.25, -0.2) is 4.79 Å². The predicted molar refractivity (Wildman–Crippen MR) is 167 cm³/mol. The normalized spacial score (nSPS) is 23.0. The van der Waals surface area contributed by atoms with E-state index in [0.29, 0.717) is 65.2 Å². The summed E-state index contributed by atoms with van der Waals surface area (Å²) in [4.78, 5) is 50.4. The van der Waals surface area contributed by atoms with Crippen molar-refractivity contribution in [3.8, 4) is 0 Å². The zero-order chi connectivity index (χ0) is 31.1. The van der Waals surface area contributed by atoms with Gasteiger partial charge >= 0.3 is 6.09 Å². The van der Waals surface area contributed by atoms with Gasteiger partial charge in [-0.1, -0.05) is 26.0 Å². The van der Waals surface area contributed by atoms with Gasteiger partial charge in [-0.05, 0) is 63.8 Å². The second-order valence-electron chi connectivity index (χ2n) is 13.2. The molecule has 1 aromatic rings. The Morgan fingerprint density at radius 3 is 2.51 bits per heavy atom. The summed E-state index contributed by atoms with van der Waals surface area (Å²) in [7, 11) is 0. The van der Waals surface area contributed by atoms with E-state index in [1.807, 2.05) is 42.0 Å². The van der Waals surface area contributed by atoms with Crippen molar-refractivity contribution < 1.29 is 29.0 Å². The number of ether oxygens (including phenoxy) is 2. The van der Waals surface area contributed by atoms with Crippen molar-refractivity contribution in [2.24, 2.45) is 11.8 Å². The van der Waals surface area contributed by atoms with Crippen LogP contribution in [0.3, 0.4) is 0 Å². The zero-order valence-electron chi connectivity index (χ0n) is 26.5. The third-order valence-corrected chi connectivity index (χ3v) is 9.02. The number of hydrogen-bond donors (Lipinski definition) is 1. The summed E-state index contributed by atoms with van der Waals surface area (Å²) >= 11 is 1.66. The van der Waals surface area contributed by atoms with E-state index in [0.717, 1.165) is 17.0 Å². The average molecular weight is 619 g/mol. The Hall–Kier alpha value is -2.63. The molecule has 11 heteroatoms. The molecular formula is C32H50N4O6S. The SMILES string of the molecule is CC(C)CN(C(=O)C1CC=C(c2cccs2)N1CCCCO)[C@H]1C[C@@H](C(=O)N2CCOCC2)CN(C(=O)OC(C)(C)C)C1. The summed E-state index contributed by atoms with van der Waals surface area (Å²) in [6, 6.07) is 3.40. The fraction of sp³-hybridized carbons (Fsp3) is 0.719. The van der Waals surface area contributed by atoms with Crippen LogP contribution in [0, 0.1) is 11.8 Å². The van der Waals surface area contributed by atoms with E-state index in [-0.39, 0.29) is 43.0 Å². The minimum atomic E-state index is -0.677. The van der Waals surface area contributed by atoms with Crippen LogP contribution >= 0.6 is 11.3 Å². The van der Waals surface area contributed by atoms with Gasteiger partial charge < -0.3 is 34.2 Å². The molecule has 2 saturated heterocycles. The molecule has 3 atom stereocenters. The van der Waals surface area contributed by atoms with Gasteiger partial charge in [-0.15, -0.1) is 11.3 Å². The monoisotopic (exact) mass is 618 g/mol. The van der Waals surface area contributed by atoms with Crippen LogP contribution in [0.2, 0.25) is 0 Å². The predicted octanol–water partition coefficient (Wildman–Crippen LogP) is 3.90. The van der Waals surface area contributed by atoms with Gasteiger partial charge in [0.15, 0.2) is 0 Å². The number of thiophene rings is 1. The molecule has 43 heavy (non-hydrogen) atoms. The molecule has 1 aromatic heterocycles. The maximum atomic E-state index is 14.6. The first-order chi connectivity index (χ1) is 20.5. The number of carbonyl (C=O) groups is 3. The van der Waals surface area contributed by atoms with Crippen molar-refractivity contribution in [3.05, 3.63) is 28.5 Å². The highest BCUT2D eigenvalue weighted by Gasteiger charge is 2.43. The lowest BCUT2D eigenvalue weighted by Crippen LogP contribution is -2.60. The second kappa shape index (κ2) is 14.9. The summed E-state index contributed by atoms with van der Waals surface area (Å²) in [5, 5.41) is 11.5. The van der Waals surface area contributed by atoms with Crippen LogP contribution in [0.4, 0.5) is 4.79 Å². The molecule has 0 saturated carbocycles. The number of aliphatic hydroxyl groups is 1. The Balaban J connectivity index is 1.61. The van der Waals surface area contributed by atoms with Crippen LogP contribution in [0.15, 0.2) is 23.6 Å². The van der Waals surface area contributed by atoms with Gasteiger partial charge in [-0.2, -0.15) is 0 Å². The van der Waals surface area contributed by atoms with E-state index < -0.39 is 17.6 Å². The molecule has 2 fully saturated rings. The number of piperidine rings is 1. The van der Waals surface area contributed by atoms with Crippen molar-refractivity contribution in [1.29, 1.82) is 0 Å². The molecule has 0 radical (unpaired) electrons. The molecule has 0 aromatic carbocycles. The molecule has 1 N–H and O–H groups in total. The number of amides is 3. The molecule has 3 amide bonds. The Morgan fingerprint density at radius 1 is 1.14 bits per heavy atom. The van der Waals surface area contributed by atoms with Crippen LogP contribution < -0.4 is 0 Å². The maximum absolute atomic E-state index is 14.6. The molecular weight excluding hydrogens is 568 g/mol. The topological polar surface area (TPSA) is 103 Å². The number of rotatable bonds is 10. The lowest BCUT2D eigenvalue weighted by atomic mass is 9.90. The van der Waals surface area contributed by atoms with Gasteiger partial charge in [0.25, 0.3) is 0 Å². The van der Waals surface area contributed by atoms with E-state index >= 15 is 0 Å². The van der Waals surface area contributed by atoms with Crippen LogP contribution in [0.5, 0.6) is 0 Å². The van der Waals surface area contributed by atoms with Crippen molar-refractivity contribution in [2.45, 2.75) is 78.0 Å². The van der Waals surface area contributed by atoms with Gasteiger partial charge in [0, 0.05) is 45.9 Å². The van der Waals surface area contributed by atoms with E-state index in [9.17, 15) is 19.5 Å². The highest BCUT2D eigenvalue weighted by molar-refractivity contribution is 7.11. The Morgan fingerprint density at radius 2 is 1.88 bits per heavy atom. The van der Waals surface area contributed by atoms with E-state index in [2.05, 4.69) is 30.9 Å². The first-order valence-corrected chi connectivity index (χ1v) is 16.6. The highest BCUT2D eigenvalue weighted by atomic mass is 32.1. The summed E-state index contributed by atoms with van der Waals surface area (Å²) in [5.41, 5.74) is 0.388. The van der Waals surface area contributed by atoms with E-state index in [4.69, 9.17) is 9.47 Å². The fourth-order valence-electron chi connectivity index (χ4n) is 6.20. The molecule has 1 unspecified atom stereocenters. The van der Waals surface area contributed by atoms with Crippen molar-refractivity contribution in [2.75, 3.05) is 59.1 Å². The molecule has 0 bridgehead atoms. The Kier molecular flexibility index (Phi) is 11.5. The average Bonchev–Trinajstić information content (AvgIpc) is 3.65. The van der Waals surface area contributed by atoms with Gasteiger partial charge in [-0.3, -0.25) is 9.59 Å².